The van der Waals surface area contributed by atoms with Gasteiger partial charge in [-0.25, -0.2) is 0 Å². The molecule has 2 aromatic rings. The highest BCUT2D eigenvalue weighted by molar-refractivity contribution is 5.78. The molecular weight excluding hydrogens is 256 g/mol. The van der Waals surface area contributed by atoms with Crippen LogP contribution in [0, 0.1) is 0 Å². The summed E-state index contributed by atoms with van der Waals surface area (Å²) in [5.41, 5.74) is 8.58. The Hall–Kier alpha value is -1.41. The zero-order valence-electron chi connectivity index (χ0n) is 13.2. The van der Waals surface area contributed by atoms with Gasteiger partial charge in [0.2, 0.25) is 0 Å². The van der Waals surface area contributed by atoms with Crippen molar-refractivity contribution in [3.8, 4) is 0 Å². The Morgan fingerprint density at radius 1 is 1.00 bits per heavy atom. The Morgan fingerprint density at radius 3 is 2.57 bits per heavy atom. The number of nitrogens with zero attached hydrogens (tertiary/aromatic N) is 1. The van der Waals surface area contributed by atoms with E-state index in [-0.39, 0.29) is 6.04 Å². The molecule has 0 aliphatic carbocycles. The fourth-order valence-corrected chi connectivity index (χ4v) is 2.80. The topological polar surface area (TPSA) is 38.9 Å². The van der Waals surface area contributed by atoms with E-state index in [9.17, 15) is 0 Å². The van der Waals surface area contributed by atoms with Crippen LogP contribution in [0.3, 0.4) is 0 Å². The molecule has 1 unspecified atom stereocenters. The fourth-order valence-electron chi connectivity index (χ4n) is 2.80. The lowest BCUT2D eigenvalue weighted by Crippen LogP contribution is -2.10. The maximum atomic E-state index is 6.32. The highest BCUT2D eigenvalue weighted by Gasteiger charge is 2.06. The van der Waals surface area contributed by atoms with Crippen molar-refractivity contribution in [3.05, 3.63) is 42.1 Å². The third-order valence-corrected chi connectivity index (χ3v) is 4.18. The minimum atomic E-state index is 0.145. The number of pyridine rings is 1. The Labute approximate surface area is 128 Å². The van der Waals surface area contributed by atoms with Crippen molar-refractivity contribution in [3.63, 3.8) is 0 Å². The number of nitrogens with two attached hydrogens (primary N) is 1. The van der Waals surface area contributed by atoms with Crippen LogP contribution in [-0.4, -0.2) is 4.98 Å². The highest BCUT2D eigenvalue weighted by atomic mass is 14.7. The van der Waals surface area contributed by atoms with E-state index in [1.807, 2.05) is 12.3 Å². The molecule has 0 bridgehead atoms. The Morgan fingerprint density at radius 2 is 1.76 bits per heavy atom. The second-order valence-electron chi connectivity index (χ2n) is 5.97. The molecule has 0 amide bonds. The van der Waals surface area contributed by atoms with Crippen molar-refractivity contribution in [1.29, 1.82) is 0 Å². The average molecular weight is 284 g/mol. The summed E-state index contributed by atoms with van der Waals surface area (Å²) in [5.74, 6) is 0. The molecule has 0 spiro atoms. The summed E-state index contributed by atoms with van der Waals surface area (Å²) >= 11 is 0. The van der Waals surface area contributed by atoms with E-state index in [4.69, 9.17) is 5.73 Å². The monoisotopic (exact) mass is 284 g/mol. The number of fused-ring (bicyclic) bond motifs is 1. The van der Waals surface area contributed by atoms with Crippen molar-refractivity contribution in [2.24, 2.45) is 5.73 Å². The highest BCUT2D eigenvalue weighted by Crippen LogP contribution is 2.21. The van der Waals surface area contributed by atoms with E-state index < -0.39 is 0 Å². The van der Waals surface area contributed by atoms with Gasteiger partial charge >= 0.3 is 0 Å². The standard InChI is InChI=1S/C19H28N2/c1-2-3-4-5-6-7-8-11-18(20)17-13-12-16-10-9-14-21-19(16)15-17/h9-10,12-15,18H,2-8,11,20H2,1H3. The van der Waals surface area contributed by atoms with Gasteiger partial charge in [-0.2, -0.15) is 0 Å². The molecule has 0 saturated heterocycles. The van der Waals surface area contributed by atoms with Gasteiger partial charge in [0.15, 0.2) is 0 Å². The smallest absolute Gasteiger partial charge is 0.0705 e. The van der Waals surface area contributed by atoms with Crippen molar-refractivity contribution in [2.75, 3.05) is 0 Å². The zero-order chi connectivity index (χ0) is 14.9. The molecule has 1 aromatic heterocycles. The Balaban J connectivity index is 1.75. The summed E-state index contributed by atoms with van der Waals surface area (Å²) in [5, 5.41) is 1.18. The lowest BCUT2D eigenvalue weighted by Gasteiger charge is -2.12. The van der Waals surface area contributed by atoms with Crippen LogP contribution in [0.1, 0.15) is 69.9 Å². The van der Waals surface area contributed by atoms with Crippen LogP contribution in [0.25, 0.3) is 10.9 Å². The van der Waals surface area contributed by atoms with Gasteiger partial charge in [-0.15, -0.1) is 0 Å². The predicted octanol–water partition coefficient (Wildman–Crippen LogP) is 5.38. The molecule has 0 radical (unpaired) electrons. The quantitative estimate of drug-likeness (QED) is 0.628. The lowest BCUT2D eigenvalue weighted by atomic mass is 9.99. The molecule has 1 atom stereocenters. The normalized spacial score (nSPS) is 12.7. The molecule has 2 rings (SSSR count). The molecule has 2 heteroatoms. The maximum Gasteiger partial charge on any atom is 0.0705 e. The summed E-state index contributed by atoms with van der Waals surface area (Å²) in [6.45, 7) is 2.26. The number of unbranched alkanes of at least 4 members (excludes halogenated alkanes) is 6. The molecule has 1 heterocycles. The molecule has 0 saturated carbocycles. The number of rotatable bonds is 9. The Kier molecular flexibility index (Phi) is 6.68. The van der Waals surface area contributed by atoms with E-state index in [0.717, 1.165) is 11.9 Å². The zero-order valence-corrected chi connectivity index (χ0v) is 13.2. The molecule has 114 valence electrons. The largest absolute Gasteiger partial charge is 0.324 e. The van der Waals surface area contributed by atoms with Gasteiger partial charge in [-0.3, -0.25) is 4.98 Å². The minimum absolute atomic E-state index is 0.145. The molecule has 0 aliphatic rings. The molecule has 0 aliphatic heterocycles. The fraction of sp³-hybridized carbons (Fsp3) is 0.526. The van der Waals surface area contributed by atoms with E-state index in [1.54, 1.807) is 0 Å². The molecule has 2 N–H and O–H groups in total. The van der Waals surface area contributed by atoms with Crippen molar-refractivity contribution < 1.29 is 0 Å². The lowest BCUT2D eigenvalue weighted by molar-refractivity contribution is 0.541. The number of hydrogen-bond acceptors (Lipinski definition) is 2. The first-order chi connectivity index (χ1) is 10.3. The van der Waals surface area contributed by atoms with Crippen LogP contribution in [-0.2, 0) is 0 Å². The molecule has 2 nitrogen and oxygen atoms in total. The van der Waals surface area contributed by atoms with E-state index in [0.29, 0.717) is 0 Å². The Bertz CT molecular complexity index is 536. The van der Waals surface area contributed by atoms with Crippen molar-refractivity contribution in [1.82, 2.24) is 4.98 Å². The SMILES string of the molecule is CCCCCCCCCC(N)c1ccc2cccnc2c1. The summed E-state index contributed by atoms with van der Waals surface area (Å²) in [7, 11) is 0. The summed E-state index contributed by atoms with van der Waals surface area (Å²) in [4.78, 5) is 4.41. The summed E-state index contributed by atoms with van der Waals surface area (Å²) < 4.78 is 0. The van der Waals surface area contributed by atoms with E-state index in [1.165, 1.54) is 55.9 Å². The van der Waals surface area contributed by atoms with Crippen molar-refractivity contribution >= 4 is 10.9 Å². The van der Waals surface area contributed by atoms with E-state index >= 15 is 0 Å². The second-order valence-corrected chi connectivity index (χ2v) is 5.97. The van der Waals surface area contributed by atoms with Gasteiger partial charge in [0.05, 0.1) is 5.52 Å². The number of aromatic nitrogens is 1. The molecule has 1 aromatic carbocycles. The minimum Gasteiger partial charge on any atom is -0.324 e. The molecular formula is C19H28N2. The number of benzene rings is 1. The summed E-state index contributed by atoms with van der Waals surface area (Å²) in [6, 6.07) is 10.6. The van der Waals surface area contributed by atoms with Crippen LogP contribution in [0.4, 0.5) is 0 Å². The number of hydrogen-bond donors (Lipinski definition) is 1. The third kappa shape index (κ3) is 5.13. The van der Waals surface area contributed by atoms with Gasteiger partial charge in [0.25, 0.3) is 0 Å². The maximum absolute atomic E-state index is 6.32. The van der Waals surface area contributed by atoms with Crippen LogP contribution < -0.4 is 5.73 Å². The second kappa shape index (κ2) is 8.78. The van der Waals surface area contributed by atoms with Crippen molar-refractivity contribution in [2.45, 2.75) is 64.3 Å². The van der Waals surface area contributed by atoms with Crippen LogP contribution >= 0.6 is 0 Å². The van der Waals surface area contributed by atoms with Gasteiger partial charge in [0, 0.05) is 17.6 Å². The van der Waals surface area contributed by atoms with Gasteiger partial charge in [-0.1, -0.05) is 70.1 Å². The molecule has 21 heavy (non-hydrogen) atoms. The molecule has 0 fully saturated rings. The van der Waals surface area contributed by atoms with Gasteiger partial charge in [-0.05, 0) is 24.1 Å². The van der Waals surface area contributed by atoms with E-state index in [2.05, 4.69) is 36.2 Å². The van der Waals surface area contributed by atoms with Crippen LogP contribution in [0.15, 0.2) is 36.5 Å². The first-order valence-corrected chi connectivity index (χ1v) is 8.41. The summed E-state index contributed by atoms with van der Waals surface area (Å²) in [6.07, 6.45) is 12.3. The first-order valence-electron chi connectivity index (χ1n) is 8.41. The average Bonchev–Trinajstić information content (AvgIpc) is 2.53. The van der Waals surface area contributed by atoms with Crippen LogP contribution in [0.5, 0.6) is 0 Å². The first kappa shape index (κ1) is 16.0. The predicted molar refractivity (Wildman–Crippen MR) is 91.3 cm³/mol. The third-order valence-electron chi connectivity index (χ3n) is 4.18. The van der Waals surface area contributed by atoms with Gasteiger partial charge in [0.1, 0.15) is 0 Å². The van der Waals surface area contributed by atoms with Gasteiger partial charge < -0.3 is 5.73 Å². The van der Waals surface area contributed by atoms with Crippen LogP contribution in [0.2, 0.25) is 0 Å².